The smallest absolute Gasteiger partial charge is 0.152 e. The van der Waals surface area contributed by atoms with E-state index in [1.165, 1.54) is 0 Å². The highest BCUT2D eigenvalue weighted by Gasteiger charge is 2.35. The second-order valence-electron chi connectivity index (χ2n) is 4.01. The van der Waals surface area contributed by atoms with Gasteiger partial charge in [0.15, 0.2) is 9.84 Å². The Morgan fingerprint density at radius 3 is 2.27 bits per heavy atom. The minimum absolute atomic E-state index is 0.218. The summed E-state index contributed by atoms with van der Waals surface area (Å²) in [6.45, 7) is 0.437. The van der Waals surface area contributed by atoms with Crippen LogP contribution in [0.25, 0.3) is 0 Å². The number of ether oxygens (including phenoxy) is 1. The summed E-state index contributed by atoms with van der Waals surface area (Å²) in [5, 5.41) is -0.680. The summed E-state index contributed by atoms with van der Waals surface area (Å²) >= 11 is 0. The largest absolute Gasteiger partial charge is 0.376 e. The van der Waals surface area contributed by atoms with E-state index in [2.05, 4.69) is 0 Å². The molecular formula is C8H16O5S2. The minimum atomic E-state index is -3.24. The van der Waals surface area contributed by atoms with Gasteiger partial charge < -0.3 is 4.74 Å². The third-order valence-electron chi connectivity index (χ3n) is 2.40. The maximum atomic E-state index is 11.4. The molecule has 0 aromatic rings. The van der Waals surface area contributed by atoms with E-state index in [9.17, 15) is 16.8 Å². The van der Waals surface area contributed by atoms with Crippen molar-refractivity contribution in [1.82, 2.24) is 0 Å². The van der Waals surface area contributed by atoms with Crippen LogP contribution in [0.1, 0.15) is 12.8 Å². The van der Waals surface area contributed by atoms with Gasteiger partial charge in [0.05, 0.1) is 17.1 Å². The molecule has 0 aliphatic carbocycles. The lowest BCUT2D eigenvalue weighted by molar-refractivity contribution is 0.0336. The summed E-state index contributed by atoms with van der Waals surface area (Å²) in [6, 6.07) is 0. The van der Waals surface area contributed by atoms with Crippen molar-refractivity contribution in [3.05, 3.63) is 0 Å². The summed E-state index contributed by atoms with van der Waals surface area (Å²) in [4.78, 5) is 0. The highest BCUT2D eigenvalue weighted by atomic mass is 32.2. The van der Waals surface area contributed by atoms with E-state index in [0.717, 1.165) is 12.5 Å². The molecule has 1 rings (SSSR count). The van der Waals surface area contributed by atoms with E-state index in [-0.39, 0.29) is 5.75 Å². The Morgan fingerprint density at radius 2 is 1.80 bits per heavy atom. The van der Waals surface area contributed by atoms with Gasteiger partial charge in [-0.15, -0.1) is 0 Å². The number of rotatable bonds is 3. The molecule has 90 valence electrons. The van der Waals surface area contributed by atoms with Crippen molar-refractivity contribution in [2.24, 2.45) is 0 Å². The second kappa shape index (κ2) is 4.39. The SMILES string of the molecule is CS(=O)(=O)C[C@@H]1OCCC[C@@H]1S(C)(=O)=O. The second-order valence-corrected chi connectivity index (χ2v) is 8.46. The van der Waals surface area contributed by atoms with Crippen LogP contribution in [0.2, 0.25) is 0 Å². The van der Waals surface area contributed by atoms with Gasteiger partial charge in [0.25, 0.3) is 0 Å². The first kappa shape index (κ1) is 12.9. The zero-order valence-electron chi connectivity index (χ0n) is 8.84. The molecule has 0 bridgehead atoms. The van der Waals surface area contributed by atoms with Crippen molar-refractivity contribution >= 4 is 19.7 Å². The summed E-state index contributed by atoms with van der Waals surface area (Å²) in [6.07, 6.45) is 2.66. The van der Waals surface area contributed by atoms with Gasteiger partial charge in [0.2, 0.25) is 0 Å². The fourth-order valence-electron chi connectivity index (χ4n) is 1.76. The van der Waals surface area contributed by atoms with Crippen LogP contribution in [0.4, 0.5) is 0 Å². The van der Waals surface area contributed by atoms with Crippen LogP contribution in [0, 0.1) is 0 Å². The van der Waals surface area contributed by atoms with Crippen LogP contribution in [0.3, 0.4) is 0 Å². The zero-order chi connectivity index (χ0) is 11.7. The van der Waals surface area contributed by atoms with Gasteiger partial charge in [0.1, 0.15) is 9.84 Å². The standard InChI is InChI=1S/C8H16O5S2/c1-14(9,10)6-7-8(15(2,11)12)4-3-5-13-7/h7-8H,3-6H2,1-2H3/t7-,8-/m0/s1. The topological polar surface area (TPSA) is 77.5 Å². The van der Waals surface area contributed by atoms with Crippen molar-refractivity contribution in [3.8, 4) is 0 Å². The fourth-order valence-corrected chi connectivity index (χ4v) is 4.12. The van der Waals surface area contributed by atoms with E-state index >= 15 is 0 Å². The molecule has 1 fully saturated rings. The monoisotopic (exact) mass is 256 g/mol. The molecule has 0 amide bonds. The molecule has 1 saturated heterocycles. The summed E-state index contributed by atoms with van der Waals surface area (Å²) < 4.78 is 50.2. The molecule has 0 aromatic carbocycles. The lowest BCUT2D eigenvalue weighted by Gasteiger charge is -2.29. The first-order valence-corrected chi connectivity index (χ1v) is 8.70. The number of sulfone groups is 2. The van der Waals surface area contributed by atoms with Crippen LogP contribution in [0.5, 0.6) is 0 Å². The van der Waals surface area contributed by atoms with Gasteiger partial charge in [-0.2, -0.15) is 0 Å². The third kappa shape index (κ3) is 4.08. The molecule has 0 unspecified atom stereocenters. The van der Waals surface area contributed by atoms with Crippen LogP contribution in [-0.4, -0.2) is 53.1 Å². The quantitative estimate of drug-likeness (QED) is 0.688. The average Bonchev–Trinajstić information content (AvgIpc) is 1.99. The van der Waals surface area contributed by atoms with E-state index in [1.807, 2.05) is 0 Å². The molecule has 5 nitrogen and oxygen atoms in total. The summed E-state index contributed by atoms with van der Waals surface area (Å²) in [5.74, 6) is -0.218. The molecule has 7 heteroatoms. The third-order valence-corrected chi connectivity index (χ3v) is 4.97. The molecule has 1 heterocycles. The molecule has 2 atom stereocenters. The van der Waals surface area contributed by atoms with Crippen molar-refractivity contribution < 1.29 is 21.6 Å². The van der Waals surface area contributed by atoms with E-state index in [0.29, 0.717) is 19.4 Å². The van der Waals surface area contributed by atoms with Crippen LogP contribution < -0.4 is 0 Å². The molecule has 1 aliphatic heterocycles. The number of hydrogen-bond acceptors (Lipinski definition) is 5. The average molecular weight is 256 g/mol. The number of hydrogen-bond donors (Lipinski definition) is 0. The molecule has 1 aliphatic rings. The van der Waals surface area contributed by atoms with E-state index < -0.39 is 31.0 Å². The highest BCUT2D eigenvalue weighted by Crippen LogP contribution is 2.21. The van der Waals surface area contributed by atoms with Gasteiger partial charge in [0, 0.05) is 19.1 Å². The maximum absolute atomic E-state index is 11.4. The molecule has 0 aromatic heterocycles. The molecule has 0 N–H and O–H groups in total. The molecule has 0 radical (unpaired) electrons. The zero-order valence-corrected chi connectivity index (χ0v) is 10.5. The Labute approximate surface area is 90.7 Å². The van der Waals surface area contributed by atoms with Crippen molar-refractivity contribution in [2.45, 2.75) is 24.2 Å². The first-order chi connectivity index (χ1) is 6.70. The highest BCUT2D eigenvalue weighted by molar-refractivity contribution is 7.92. The molecule has 0 saturated carbocycles. The lowest BCUT2D eigenvalue weighted by atomic mass is 10.1. The van der Waals surface area contributed by atoms with E-state index in [1.54, 1.807) is 0 Å². The normalized spacial score (nSPS) is 28.9. The predicted molar refractivity (Wildman–Crippen MR) is 57.3 cm³/mol. The maximum Gasteiger partial charge on any atom is 0.152 e. The van der Waals surface area contributed by atoms with Crippen molar-refractivity contribution in [1.29, 1.82) is 0 Å². The fraction of sp³-hybridized carbons (Fsp3) is 1.00. The summed E-state index contributed by atoms with van der Waals surface area (Å²) in [5.41, 5.74) is 0. The minimum Gasteiger partial charge on any atom is -0.376 e. The Hall–Kier alpha value is -0.140. The molecule has 0 spiro atoms. The Morgan fingerprint density at radius 1 is 1.20 bits per heavy atom. The van der Waals surface area contributed by atoms with Crippen molar-refractivity contribution in [2.75, 3.05) is 24.9 Å². The van der Waals surface area contributed by atoms with Gasteiger partial charge in [-0.05, 0) is 12.8 Å². The van der Waals surface area contributed by atoms with Crippen LogP contribution in [-0.2, 0) is 24.4 Å². The Kier molecular flexibility index (Phi) is 3.78. The van der Waals surface area contributed by atoms with Gasteiger partial charge in [-0.25, -0.2) is 16.8 Å². The van der Waals surface area contributed by atoms with Gasteiger partial charge in [-0.1, -0.05) is 0 Å². The molecular weight excluding hydrogens is 240 g/mol. The first-order valence-electron chi connectivity index (χ1n) is 4.68. The van der Waals surface area contributed by atoms with Crippen LogP contribution in [0.15, 0.2) is 0 Å². The lowest BCUT2D eigenvalue weighted by Crippen LogP contribution is -2.43. The van der Waals surface area contributed by atoms with Crippen molar-refractivity contribution in [3.63, 3.8) is 0 Å². The van der Waals surface area contributed by atoms with Gasteiger partial charge in [-0.3, -0.25) is 0 Å². The predicted octanol–water partition coefficient (Wildman–Crippen LogP) is -0.377. The van der Waals surface area contributed by atoms with E-state index in [4.69, 9.17) is 4.74 Å². The van der Waals surface area contributed by atoms with Gasteiger partial charge >= 0.3 is 0 Å². The molecule has 15 heavy (non-hydrogen) atoms. The summed E-state index contributed by atoms with van der Waals surface area (Å²) in [7, 11) is -6.44. The Bertz CT molecular complexity index is 408. The Balaban J connectivity index is 2.84. The van der Waals surface area contributed by atoms with Crippen LogP contribution >= 0.6 is 0 Å².